The van der Waals surface area contributed by atoms with Crippen LogP contribution in [0.2, 0.25) is 0 Å². The number of ether oxygens (including phenoxy) is 2. The molecule has 0 saturated heterocycles. The summed E-state index contributed by atoms with van der Waals surface area (Å²) in [6.45, 7) is 3.55. The molecule has 0 radical (unpaired) electrons. The quantitative estimate of drug-likeness (QED) is 0.388. The van der Waals surface area contributed by atoms with Crippen molar-refractivity contribution < 1.29 is 14.3 Å². The highest BCUT2D eigenvalue weighted by atomic mass is 16.5. The summed E-state index contributed by atoms with van der Waals surface area (Å²) in [5.74, 6) is 1.73. The zero-order valence-corrected chi connectivity index (χ0v) is 20.8. The first kappa shape index (κ1) is 23.7. The van der Waals surface area contributed by atoms with Gasteiger partial charge in [0.25, 0.3) is 0 Å². The van der Waals surface area contributed by atoms with E-state index in [-0.39, 0.29) is 12.1 Å². The average molecular weight is 486 g/mol. The Kier molecular flexibility index (Phi) is 6.77. The number of carbonyl (C=O) groups is 1. The Morgan fingerprint density at radius 2 is 1.83 bits per heavy atom. The van der Waals surface area contributed by atoms with Gasteiger partial charge in [-0.1, -0.05) is 30.3 Å². The monoisotopic (exact) mass is 485 g/mol. The number of methoxy groups -OCH3 is 2. The number of benzene rings is 2. The summed E-state index contributed by atoms with van der Waals surface area (Å²) in [5.41, 5.74) is 4.87. The third-order valence-corrected chi connectivity index (χ3v) is 6.58. The Hall–Kier alpha value is -4.04. The molecular weight excluding hydrogens is 454 g/mol. The Morgan fingerprint density at radius 1 is 1.06 bits per heavy atom. The molecule has 0 spiro atoms. The Labute approximate surface area is 211 Å². The van der Waals surface area contributed by atoms with Gasteiger partial charge in [-0.2, -0.15) is 5.10 Å². The second kappa shape index (κ2) is 10.3. The van der Waals surface area contributed by atoms with E-state index < -0.39 is 0 Å². The maximum Gasteiger partial charge on any atom is 0.318 e. The Morgan fingerprint density at radius 3 is 2.56 bits per heavy atom. The van der Waals surface area contributed by atoms with E-state index in [1.165, 1.54) is 0 Å². The van der Waals surface area contributed by atoms with Crippen molar-refractivity contribution >= 4 is 6.03 Å². The molecule has 3 heterocycles. The Bertz CT molecular complexity index is 1330. The molecule has 8 heteroatoms. The van der Waals surface area contributed by atoms with Crippen LogP contribution in [0.25, 0.3) is 11.5 Å². The van der Waals surface area contributed by atoms with Gasteiger partial charge in [-0.3, -0.25) is 0 Å². The summed E-state index contributed by atoms with van der Waals surface area (Å²) < 4.78 is 14.7. The largest absolute Gasteiger partial charge is 0.497 e. The molecule has 2 aromatic heterocycles. The van der Waals surface area contributed by atoms with Crippen LogP contribution in [0, 0.1) is 6.92 Å². The van der Waals surface area contributed by atoms with E-state index in [0.29, 0.717) is 19.7 Å². The van der Waals surface area contributed by atoms with Crippen LogP contribution in [0.4, 0.5) is 4.79 Å². The third kappa shape index (κ3) is 4.35. The summed E-state index contributed by atoms with van der Waals surface area (Å²) in [4.78, 5) is 15.6. The number of aromatic nitrogens is 3. The molecule has 186 valence electrons. The fraction of sp³-hybridized carbons (Fsp3) is 0.286. The van der Waals surface area contributed by atoms with Gasteiger partial charge in [0.2, 0.25) is 0 Å². The molecule has 5 rings (SSSR count). The molecule has 0 bridgehead atoms. The number of hydrogen-bond donors (Lipinski definition) is 1. The van der Waals surface area contributed by atoms with Gasteiger partial charge in [0.15, 0.2) is 0 Å². The van der Waals surface area contributed by atoms with Crippen LogP contribution in [-0.2, 0) is 11.3 Å². The molecule has 1 N–H and O–H groups in total. The van der Waals surface area contributed by atoms with Crippen LogP contribution >= 0.6 is 0 Å². The van der Waals surface area contributed by atoms with E-state index >= 15 is 0 Å². The number of fused-ring (bicyclic) bond motifs is 3. The molecular formula is C28H31N5O3. The van der Waals surface area contributed by atoms with Gasteiger partial charge < -0.3 is 24.3 Å². The molecule has 36 heavy (non-hydrogen) atoms. The summed E-state index contributed by atoms with van der Waals surface area (Å²) in [7, 11) is 3.32. The second-order valence-corrected chi connectivity index (χ2v) is 8.82. The van der Waals surface area contributed by atoms with Crippen molar-refractivity contribution in [1.29, 1.82) is 0 Å². The molecule has 0 aliphatic carbocycles. The fourth-order valence-corrected chi connectivity index (χ4v) is 4.80. The van der Waals surface area contributed by atoms with Gasteiger partial charge in [-0.05, 0) is 55.3 Å². The smallest absolute Gasteiger partial charge is 0.318 e. The van der Waals surface area contributed by atoms with Crippen molar-refractivity contribution in [2.75, 3.05) is 27.4 Å². The van der Waals surface area contributed by atoms with E-state index in [1.807, 2.05) is 83.4 Å². The van der Waals surface area contributed by atoms with Crippen molar-refractivity contribution in [3.8, 4) is 17.3 Å². The Balaban J connectivity index is 1.64. The number of nitrogens with zero attached hydrogens (tertiary/aromatic N) is 4. The maximum absolute atomic E-state index is 13.7. The molecule has 0 fully saturated rings. The zero-order valence-electron chi connectivity index (χ0n) is 20.8. The van der Waals surface area contributed by atoms with Gasteiger partial charge in [-0.15, -0.1) is 0 Å². The van der Waals surface area contributed by atoms with Crippen molar-refractivity contribution in [1.82, 2.24) is 24.6 Å². The summed E-state index contributed by atoms with van der Waals surface area (Å²) >= 11 is 0. The minimum absolute atomic E-state index is 0.126. The minimum Gasteiger partial charge on any atom is -0.497 e. The zero-order chi connectivity index (χ0) is 25.1. The molecule has 8 nitrogen and oxygen atoms in total. The average Bonchev–Trinajstić information content (AvgIpc) is 3.47. The standard InChI is InChI=1S/C28H31N5O3/c1-20-24-19-32(28(34)29-16-8-18-35-2)26(21-12-14-23(36-3)15-13-21)25-11-7-17-31(25)27(24)33(30-20)22-9-5-4-6-10-22/h4-7,9-15,17,26H,8,16,18-19H2,1-3H3,(H,29,34)/t26-/m0/s1. The van der Waals surface area contributed by atoms with Gasteiger partial charge >= 0.3 is 6.03 Å². The van der Waals surface area contributed by atoms with Crippen LogP contribution in [0.3, 0.4) is 0 Å². The first-order valence-corrected chi connectivity index (χ1v) is 12.1. The molecule has 2 amide bonds. The first-order chi connectivity index (χ1) is 17.6. The van der Waals surface area contributed by atoms with Crippen molar-refractivity contribution in [3.05, 3.63) is 95.4 Å². The van der Waals surface area contributed by atoms with Gasteiger partial charge in [-0.25, -0.2) is 9.48 Å². The van der Waals surface area contributed by atoms with E-state index in [1.54, 1.807) is 14.2 Å². The predicted octanol–water partition coefficient (Wildman–Crippen LogP) is 4.63. The highest BCUT2D eigenvalue weighted by Gasteiger charge is 2.35. The van der Waals surface area contributed by atoms with Gasteiger partial charge in [0.1, 0.15) is 11.6 Å². The summed E-state index contributed by atoms with van der Waals surface area (Å²) in [6, 6.07) is 21.7. The lowest BCUT2D eigenvalue weighted by molar-refractivity contribution is 0.174. The minimum atomic E-state index is -0.302. The normalized spacial score (nSPS) is 14.6. The number of carbonyl (C=O) groups excluding carboxylic acids is 1. The lowest BCUT2D eigenvalue weighted by Gasteiger charge is -2.31. The highest BCUT2D eigenvalue weighted by Crippen LogP contribution is 2.38. The second-order valence-electron chi connectivity index (χ2n) is 8.82. The molecule has 0 saturated carbocycles. The van der Waals surface area contributed by atoms with E-state index in [4.69, 9.17) is 14.6 Å². The molecule has 0 unspecified atom stereocenters. The highest BCUT2D eigenvalue weighted by molar-refractivity contribution is 5.76. The van der Waals surface area contributed by atoms with Crippen LogP contribution < -0.4 is 10.1 Å². The van der Waals surface area contributed by atoms with Crippen molar-refractivity contribution in [2.45, 2.75) is 25.9 Å². The summed E-state index contributed by atoms with van der Waals surface area (Å²) in [6.07, 6.45) is 2.79. The van der Waals surface area contributed by atoms with Crippen LogP contribution in [0.1, 0.15) is 35.0 Å². The van der Waals surface area contributed by atoms with Gasteiger partial charge in [0, 0.05) is 32.0 Å². The number of rotatable bonds is 7. The number of nitrogens with one attached hydrogen (secondary N) is 1. The SMILES string of the molecule is COCCCNC(=O)N1Cc2c(C)nn(-c3ccccc3)c2-n2cccc2[C@@H]1c1ccc(OC)cc1. The van der Waals surface area contributed by atoms with Gasteiger partial charge in [0.05, 0.1) is 36.8 Å². The topological polar surface area (TPSA) is 73.5 Å². The van der Waals surface area contributed by atoms with E-state index in [9.17, 15) is 4.79 Å². The number of aryl methyl sites for hydroxylation is 1. The number of para-hydroxylation sites is 1. The van der Waals surface area contributed by atoms with Crippen LogP contribution in [0.15, 0.2) is 72.9 Å². The fourth-order valence-electron chi connectivity index (χ4n) is 4.80. The third-order valence-electron chi connectivity index (χ3n) is 6.58. The van der Waals surface area contributed by atoms with E-state index in [2.05, 4.69) is 16.0 Å². The molecule has 1 atom stereocenters. The molecule has 4 aromatic rings. The van der Waals surface area contributed by atoms with Crippen LogP contribution in [-0.4, -0.2) is 52.6 Å². The first-order valence-electron chi connectivity index (χ1n) is 12.1. The van der Waals surface area contributed by atoms with Crippen molar-refractivity contribution in [2.24, 2.45) is 0 Å². The number of hydrogen-bond acceptors (Lipinski definition) is 4. The lowest BCUT2D eigenvalue weighted by Crippen LogP contribution is -2.42. The maximum atomic E-state index is 13.7. The lowest BCUT2D eigenvalue weighted by atomic mass is 10.0. The molecule has 1 aliphatic heterocycles. The van der Waals surface area contributed by atoms with Crippen molar-refractivity contribution in [3.63, 3.8) is 0 Å². The molecule has 1 aliphatic rings. The molecule has 2 aromatic carbocycles. The number of amides is 2. The van der Waals surface area contributed by atoms with Crippen LogP contribution in [0.5, 0.6) is 5.75 Å². The predicted molar refractivity (Wildman–Crippen MR) is 138 cm³/mol. The number of urea groups is 1. The summed E-state index contributed by atoms with van der Waals surface area (Å²) in [5, 5.41) is 7.98. The van der Waals surface area contributed by atoms with E-state index in [0.717, 1.165) is 46.2 Å².